The molecule has 1 aromatic rings. The molecule has 2 heterocycles. The van der Waals surface area contributed by atoms with Crippen molar-refractivity contribution in [3.63, 3.8) is 0 Å². The Balaban J connectivity index is 2.03. The van der Waals surface area contributed by atoms with Gasteiger partial charge in [0.1, 0.15) is 12.0 Å². The maximum absolute atomic E-state index is 14.0. The minimum atomic E-state index is -5.01. The SMILES string of the molecule is NCc1cn[nH]c1N1CCC(F)C(NC(=O)C(F)(F)F)CC1. The van der Waals surface area contributed by atoms with E-state index in [9.17, 15) is 22.4 Å². The number of amides is 1. The maximum Gasteiger partial charge on any atom is 0.471 e. The number of carbonyl (C=O) groups is 1. The second kappa shape index (κ2) is 6.51. The number of alkyl halides is 4. The van der Waals surface area contributed by atoms with Gasteiger partial charge >= 0.3 is 12.1 Å². The predicted octanol–water partition coefficient (Wildman–Crippen LogP) is 0.854. The lowest BCUT2D eigenvalue weighted by molar-refractivity contribution is -0.174. The van der Waals surface area contributed by atoms with Gasteiger partial charge in [-0.25, -0.2) is 4.39 Å². The Labute approximate surface area is 124 Å². The fourth-order valence-electron chi connectivity index (χ4n) is 2.43. The molecule has 1 fully saturated rings. The minimum Gasteiger partial charge on any atom is -0.357 e. The largest absolute Gasteiger partial charge is 0.471 e. The molecule has 6 nitrogen and oxygen atoms in total. The lowest BCUT2D eigenvalue weighted by atomic mass is 10.1. The van der Waals surface area contributed by atoms with Gasteiger partial charge in [-0.05, 0) is 12.8 Å². The van der Waals surface area contributed by atoms with Crippen LogP contribution in [-0.2, 0) is 11.3 Å². The molecular formula is C12H17F4N5O. The first-order valence-electron chi connectivity index (χ1n) is 6.82. The maximum atomic E-state index is 14.0. The highest BCUT2D eigenvalue weighted by Gasteiger charge is 2.41. The molecule has 1 amide bonds. The molecule has 124 valence electrons. The molecule has 1 saturated heterocycles. The van der Waals surface area contributed by atoms with Gasteiger partial charge in [-0.3, -0.25) is 9.89 Å². The number of carbonyl (C=O) groups excluding carboxylic acids is 1. The van der Waals surface area contributed by atoms with E-state index in [0.717, 1.165) is 5.56 Å². The van der Waals surface area contributed by atoms with Crippen molar-refractivity contribution < 1.29 is 22.4 Å². The molecule has 0 saturated carbocycles. The van der Waals surface area contributed by atoms with E-state index in [-0.39, 0.29) is 19.4 Å². The molecular weight excluding hydrogens is 306 g/mol. The Morgan fingerprint density at radius 3 is 2.77 bits per heavy atom. The van der Waals surface area contributed by atoms with Crippen LogP contribution in [0.4, 0.5) is 23.4 Å². The van der Waals surface area contributed by atoms with Crippen LogP contribution in [0.5, 0.6) is 0 Å². The number of hydrogen-bond acceptors (Lipinski definition) is 4. The summed E-state index contributed by atoms with van der Waals surface area (Å²) >= 11 is 0. The van der Waals surface area contributed by atoms with E-state index in [4.69, 9.17) is 5.73 Å². The number of nitrogens with one attached hydrogen (secondary N) is 2. The summed E-state index contributed by atoms with van der Waals surface area (Å²) in [6.45, 7) is 0.836. The van der Waals surface area contributed by atoms with Crippen molar-refractivity contribution in [1.29, 1.82) is 0 Å². The van der Waals surface area contributed by atoms with E-state index in [1.54, 1.807) is 16.4 Å². The molecule has 2 atom stereocenters. The van der Waals surface area contributed by atoms with Crippen LogP contribution >= 0.6 is 0 Å². The molecule has 2 rings (SSSR count). The molecule has 4 N–H and O–H groups in total. The van der Waals surface area contributed by atoms with Crippen molar-refractivity contribution in [2.45, 2.75) is 37.8 Å². The highest BCUT2D eigenvalue weighted by molar-refractivity contribution is 5.82. The first kappa shape index (κ1) is 16.5. The smallest absolute Gasteiger partial charge is 0.357 e. The Bertz CT molecular complexity index is 518. The van der Waals surface area contributed by atoms with Gasteiger partial charge in [-0.1, -0.05) is 0 Å². The Kier molecular flexibility index (Phi) is 4.89. The van der Waals surface area contributed by atoms with E-state index in [1.807, 2.05) is 0 Å². The summed E-state index contributed by atoms with van der Waals surface area (Å²) < 4.78 is 50.8. The molecule has 1 aromatic heterocycles. The molecule has 0 aliphatic carbocycles. The predicted molar refractivity (Wildman–Crippen MR) is 70.8 cm³/mol. The fourth-order valence-corrected chi connectivity index (χ4v) is 2.43. The van der Waals surface area contributed by atoms with Gasteiger partial charge < -0.3 is 16.0 Å². The number of rotatable bonds is 3. The van der Waals surface area contributed by atoms with Crippen LogP contribution in [0.1, 0.15) is 18.4 Å². The number of nitrogens with two attached hydrogens (primary N) is 1. The Morgan fingerprint density at radius 2 is 2.14 bits per heavy atom. The molecule has 22 heavy (non-hydrogen) atoms. The zero-order valence-electron chi connectivity index (χ0n) is 11.7. The van der Waals surface area contributed by atoms with E-state index in [2.05, 4.69) is 10.2 Å². The van der Waals surface area contributed by atoms with Crippen LogP contribution in [0, 0.1) is 0 Å². The summed E-state index contributed by atoms with van der Waals surface area (Å²) in [5.74, 6) is -1.48. The number of aromatic amines is 1. The molecule has 0 radical (unpaired) electrons. The minimum absolute atomic E-state index is 0.00579. The van der Waals surface area contributed by atoms with E-state index in [1.165, 1.54) is 0 Å². The van der Waals surface area contributed by atoms with Crippen molar-refractivity contribution in [2.75, 3.05) is 18.0 Å². The quantitative estimate of drug-likeness (QED) is 0.720. The molecule has 0 bridgehead atoms. The lowest BCUT2D eigenvalue weighted by Crippen LogP contribution is -2.47. The van der Waals surface area contributed by atoms with Gasteiger partial charge in [0.25, 0.3) is 0 Å². The van der Waals surface area contributed by atoms with Crippen molar-refractivity contribution in [1.82, 2.24) is 15.5 Å². The number of aromatic nitrogens is 2. The molecule has 2 unspecified atom stereocenters. The van der Waals surface area contributed by atoms with Crippen LogP contribution in [0.2, 0.25) is 0 Å². The molecule has 0 spiro atoms. The van der Waals surface area contributed by atoms with Crippen molar-refractivity contribution in [3.05, 3.63) is 11.8 Å². The molecule has 10 heteroatoms. The number of nitrogens with zero attached hydrogens (tertiary/aromatic N) is 2. The highest BCUT2D eigenvalue weighted by atomic mass is 19.4. The summed E-state index contributed by atoms with van der Waals surface area (Å²) in [7, 11) is 0. The van der Waals surface area contributed by atoms with E-state index >= 15 is 0 Å². The van der Waals surface area contributed by atoms with Gasteiger partial charge in [0.05, 0.1) is 12.2 Å². The molecule has 1 aliphatic rings. The summed E-state index contributed by atoms with van der Waals surface area (Å²) in [4.78, 5) is 12.7. The number of H-pyrrole nitrogens is 1. The normalized spacial score (nSPS) is 23.2. The average Bonchev–Trinajstić information content (AvgIpc) is 2.85. The standard InChI is InChI=1S/C12H17F4N5O/c13-8-1-3-21(10-7(5-17)6-18-20-10)4-2-9(8)19-11(22)12(14,15)16/h6,8-9H,1-5,17H2,(H,18,20)(H,19,22). The third-order valence-electron chi connectivity index (χ3n) is 3.63. The highest BCUT2D eigenvalue weighted by Crippen LogP contribution is 2.23. The summed E-state index contributed by atoms with van der Waals surface area (Å²) in [5.41, 5.74) is 6.31. The third-order valence-corrected chi connectivity index (χ3v) is 3.63. The van der Waals surface area contributed by atoms with Crippen LogP contribution in [0.15, 0.2) is 6.20 Å². The number of hydrogen-bond donors (Lipinski definition) is 3. The van der Waals surface area contributed by atoms with Gasteiger partial charge in [-0.2, -0.15) is 18.3 Å². The summed E-state index contributed by atoms with van der Waals surface area (Å²) in [5, 5.41) is 8.34. The monoisotopic (exact) mass is 323 g/mol. The van der Waals surface area contributed by atoms with Crippen LogP contribution in [-0.4, -0.2) is 47.6 Å². The first-order chi connectivity index (χ1) is 10.3. The van der Waals surface area contributed by atoms with Crippen molar-refractivity contribution >= 4 is 11.7 Å². The lowest BCUT2D eigenvalue weighted by Gasteiger charge is -2.22. The van der Waals surface area contributed by atoms with Crippen molar-refractivity contribution in [3.8, 4) is 0 Å². The van der Waals surface area contributed by atoms with Crippen molar-refractivity contribution in [2.24, 2.45) is 5.73 Å². The van der Waals surface area contributed by atoms with Gasteiger partial charge in [0.15, 0.2) is 0 Å². The Morgan fingerprint density at radius 1 is 1.45 bits per heavy atom. The van der Waals surface area contributed by atoms with E-state index in [0.29, 0.717) is 18.9 Å². The second-order valence-electron chi connectivity index (χ2n) is 5.11. The topological polar surface area (TPSA) is 87.0 Å². The third kappa shape index (κ3) is 3.67. The van der Waals surface area contributed by atoms with Gasteiger partial charge in [0.2, 0.25) is 0 Å². The average molecular weight is 323 g/mol. The fraction of sp³-hybridized carbons (Fsp3) is 0.667. The van der Waals surface area contributed by atoms with Crippen LogP contribution in [0.3, 0.4) is 0 Å². The summed E-state index contributed by atoms with van der Waals surface area (Å²) in [6.07, 6.45) is -4.93. The number of anilines is 1. The van der Waals surface area contributed by atoms with Gasteiger partial charge in [-0.15, -0.1) is 0 Å². The Hall–Kier alpha value is -1.84. The molecule has 1 aliphatic heterocycles. The van der Waals surface area contributed by atoms with E-state index < -0.39 is 24.3 Å². The van der Waals surface area contributed by atoms with Crippen LogP contribution < -0.4 is 16.0 Å². The molecule has 0 aromatic carbocycles. The first-order valence-corrected chi connectivity index (χ1v) is 6.82. The number of halogens is 4. The second-order valence-corrected chi connectivity index (χ2v) is 5.11. The summed E-state index contributed by atoms with van der Waals surface area (Å²) in [6, 6.07) is -1.16. The van der Waals surface area contributed by atoms with Gasteiger partial charge in [0, 0.05) is 25.2 Å². The van der Waals surface area contributed by atoms with Crippen LogP contribution in [0.25, 0.3) is 0 Å². The zero-order valence-corrected chi connectivity index (χ0v) is 11.7. The zero-order chi connectivity index (χ0) is 16.3.